The van der Waals surface area contributed by atoms with Crippen molar-refractivity contribution in [2.45, 2.75) is 20.1 Å². The number of nitro groups is 1. The van der Waals surface area contributed by atoms with Gasteiger partial charge in [-0.15, -0.1) is 0 Å². The number of hydrogen-bond donors (Lipinski definition) is 1. The molecule has 0 atom stereocenters. The molecule has 152 valence electrons. The monoisotopic (exact) mass is 451 g/mol. The third-order valence-corrected chi connectivity index (χ3v) is 4.74. The molecule has 0 spiro atoms. The van der Waals surface area contributed by atoms with E-state index in [0.717, 1.165) is 35.2 Å². The fourth-order valence-electron chi connectivity index (χ4n) is 2.49. The van der Waals surface area contributed by atoms with Crippen molar-refractivity contribution in [3.63, 3.8) is 0 Å². The van der Waals surface area contributed by atoms with Crippen molar-refractivity contribution in [1.29, 1.82) is 0 Å². The first-order valence-corrected chi connectivity index (χ1v) is 9.86. The van der Waals surface area contributed by atoms with E-state index in [1.807, 2.05) is 33.2 Å². The third-order valence-electron chi connectivity index (χ3n) is 4.01. The first-order valence-electron chi connectivity index (χ1n) is 9.07. The fraction of sp³-hybridized carbons (Fsp3) is 0.400. The molecule has 28 heavy (non-hydrogen) atoms. The zero-order valence-corrected chi connectivity index (χ0v) is 18.0. The van der Waals surface area contributed by atoms with Crippen LogP contribution in [-0.2, 0) is 13.2 Å². The Morgan fingerprint density at radius 2 is 1.82 bits per heavy atom. The van der Waals surface area contributed by atoms with Crippen molar-refractivity contribution >= 4 is 21.6 Å². The highest BCUT2D eigenvalue weighted by Crippen LogP contribution is 2.34. The predicted molar refractivity (Wildman–Crippen MR) is 113 cm³/mol. The number of nitrogens with one attached hydrogen (secondary N) is 1. The van der Waals surface area contributed by atoms with Gasteiger partial charge in [0.05, 0.1) is 11.5 Å². The molecule has 0 aliphatic rings. The molecule has 2 rings (SSSR count). The maximum atomic E-state index is 10.8. The zero-order chi connectivity index (χ0) is 20.5. The minimum atomic E-state index is -0.416. The lowest BCUT2D eigenvalue weighted by Crippen LogP contribution is -2.26. The Bertz CT molecular complexity index is 782. The van der Waals surface area contributed by atoms with E-state index in [1.165, 1.54) is 12.1 Å². The summed E-state index contributed by atoms with van der Waals surface area (Å²) in [7, 11) is 4.09. The van der Waals surface area contributed by atoms with Crippen molar-refractivity contribution in [2.75, 3.05) is 33.8 Å². The predicted octanol–water partition coefficient (Wildman–Crippen LogP) is 3.99. The molecule has 0 aliphatic heterocycles. The maximum Gasteiger partial charge on any atom is 0.269 e. The highest BCUT2D eigenvalue weighted by molar-refractivity contribution is 9.10. The van der Waals surface area contributed by atoms with Crippen LogP contribution in [-0.4, -0.2) is 43.6 Å². The summed E-state index contributed by atoms with van der Waals surface area (Å²) in [5.74, 6) is 1.31. The van der Waals surface area contributed by atoms with Crippen molar-refractivity contribution in [1.82, 2.24) is 10.2 Å². The van der Waals surface area contributed by atoms with Gasteiger partial charge in [-0.05, 0) is 56.4 Å². The van der Waals surface area contributed by atoms with Crippen LogP contribution in [0.1, 0.15) is 18.1 Å². The Morgan fingerprint density at radius 1 is 1.14 bits per heavy atom. The van der Waals surface area contributed by atoms with Crippen molar-refractivity contribution in [3.05, 3.63) is 62.1 Å². The molecule has 0 bridgehead atoms. The fourth-order valence-corrected chi connectivity index (χ4v) is 2.96. The Kier molecular flexibility index (Phi) is 8.69. The molecule has 0 saturated heterocycles. The summed E-state index contributed by atoms with van der Waals surface area (Å²) in [4.78, 5) is 12.5. The van der Waals surface area contributed by atoms with Crippen LogP contribution in [0.2, 0.25) is 0 Å². The van der Waals surface area contributed by atoms with Gasteiger partial charge in [0.2, 0.25) is 0 Å². The molecule has 0 aliphatic carbocycles. The lowest BCUT2D eigenvalue weighted by atomic mass is 10.2. The molecule has 0 saturated carbocycles. The van der Waals surface area contributed by atoms with Crippen LogP contribution in [0.15, 0.2) is 40.9 Å². The van der Waals surface area contributed by atoms with Gasteiger partial charge < -0.3 is 19.7 Å². The molecule has 2 aromatic carbocycles. The van der Waals surface area contributed by atoms with Crippen LogP contribution >= 0.6 is 15.9 Å². The quantitative estimate of drug-likeness (QED) is 0.316. The number of rotatable bonds is 11. The zero-order valence-electron chi connectivity index (χ0n) is 16.4. The minimum absolute atomic E-state index is 0.0626. The van der Waals surface area contributed by atoms with Crippen LogP contribution in [0.3, 0.4) is 0 Å². The van der Waals surface area contributed by atoms with Gasteiger partial charge in [-0.3, -0.25) is 10.1 Å². The Balaban J connectivity index is 2.05. The molecule has 0 heterocycles. The smallest absolute Gasteiger partial charge is 0.269 e. The van der Waals surface area contributed by atoms with E-state index in [-0.39, 0.29) is 5.69 Å². The lowest BCUT2D eigenvalue weighted by molar-refractivity contribution is -0.384. The number of hydrogen-bond acceptors (Lipinski definition) is 6. The third kappa shape index (κ3) is 6.78. The summed E-state index contributed by atoms with van der Waals surface area (Å²) in [5, 5.41) is 14.2. The van der Waals surface area contributed by atoms with Crippen molar-refractivity contribution < 1.29 is 14.4 Å². The van der Waals surface area contributed by atoms with E-state index in [1.54, 1.807) is 12.1 Å². The van der Waals surface area contributed by atoms with Crippen LogP contribution in [0.5, 0.6) is 11.5 Å². The average Bonchev–Trinajstić information content (AvgIpc) is 2.66. The number of non-ortho nitro benzene ring substituents is 1. The lowest BCUT2D eigenvalue weighted by Gasteiger charge is -2.16. The molecular weight excluding hydrogens is 426 g/mol. The number of nitro benzene ring substituents is 1. The van der Waals surface area contributed by atoms with Gasteiger partial charge in [0, 0.05) is 36.2 Å². The molecule has 0 aromatic heterocycles. The van der Waals surface area contributed by atoms with Crippen molar-refractivity contribution in [2.24, 2.45) is 0 Å². The Morgan fingerprint density at radius 3 is 2.43 bits per heavy atom. The van der Waals surface area contributed by atoms with Crippen LogP contribution in [0, 0.1) is 10.1 Å². The summed E-state index contributed by atoms with van der Waals surface area (Å²) < 4.78 is 12.6. The summed E-state index contributed by atoms with van der Waals surface area (Å²) in [5.41, 5.74) is 2.00. The molecule has 0 radical (unpaired) electrons. The van der Waals surface area contributed by atoms with Gasteiger partial charge >= 0.3 is 0 Å². The second-order valence-electron chi connectivity index (χ2n) is 6.52. The minimum Gasteiger partial charge on any atom is -0.490 e. The molecule has 2 aromatic rings. The number of halogens is 1. The highest BCUT2D eigenvalue weighted by Gasteiger charge is 2.12. The van der Waals surface area contributed by atoms with Gasteiger partial charge in [-0.2, -0.15) is 0 Å². The first-order chi connectivity index (χ1) is 13.4. The van der Waals surface area contributed by atoms with Gasteiger partial charge in [0.25, 0.3) is 5.69 Å². The summed E-state index contributed by atoms with van der Waals surface area (Å²) in [6.07, 6.45) is 0. The molecule has 0 amide bonds. The highest BCUT2D eigenvalue weighted by atomic mass is 79.9. The molecule has 0 unspecified atom stereocenters. The van der Waals surface area contributed by atoms with E-state index >= 15 is 0 Å². The van der Waals surface area contributed by atoms with E-state index in [2.05, 4.69) is 26.1 Å². The van der Waals surface area contributed by atoms with E-state index in [0.29, 0.717) is 24.7 Å². The van der Waals surface area contributed by atoms with Crippen LogP contribution in [0.25, 0.3) is 0 Å². The summed E-state index contributed by atoms with van der Waals surface area (Å²) in [6.45, 7) is 5.33. The molecule has 7 nitrogen and oxygen atoms in total. The van der Waals surface area contributed by atoms with E-state index in [4.69, 9.17) is 9.47 Å². The second kappa shape index (κ2) is 11.0. The van der Waals surface area contributed by atoms with Crippen molar-refractivity contribution in [3.8, 4) is 11.5 Å². The maximum absolute atomic E-state index is 10.8. The molecule has 1 N–H and O–H groups in total. The number of ether oxygens (including phenoxy) is 2. The number of benzene rings is 2. The van der Waals surface area contributed by atoms with Crippen LogP contribution < -0.4 is 14.8 Å². The van der Waals surface area contributed by atoms with Gasteiger partial charge in [-0.1, -0.05) is 15.9 Å². The average molecular weight is 452 g/mol. The van der Waals surface area contributed by atoms with Gasteiger partial charge in [0.1, 0.15) is 6.61 Å². The van der Waals surface area contributed by atoms with E-state index in [9.17, 15) is 10.1 Å². The Labute approximate surface area is 173 Å². The second-order valence-corrected chi connectivity index (χ2v) is 7.37. The first kappa shape index (κ1) is 22.1. The van der Waals surface area contributed by atoms with Crippen LogP contribution in [0.4, 0.5) is 5.69 Å². The largest absolute Gasteiger partial charge is 0.490 e. The number of likely N-dealkylation sites (N-methyl/N-ethyl adjacent to an activating group) is 1. The summed E-state index contributed by atoms with van der Waals surface area (Å²) >= 11 is 3.60. The van der Waals surface area contributed by atoms with E-state index < -0.39 is 4.92 Å². The standard InChI is InChI=1S/C20H26BrN3O4/c1-4-27-19-11-16(13-22-9-10-23(2)3)18(21)12-20(19)28-14-15-5-7-17(8-6-15)24(25)26/h5-8,11-12,22H,4,9-10,13-14H2,1-3H3. The summed E-state index contributed by atoms with van der Waals surface area (Å²) in [6, 6.07) is 10.2. The Hall–Kier alpha value is -2.16. The normalized spacial score (nSPS) is 10.9. The molecular formula is C20H26BrN3O4. The van der Waals surface area contributed by atoms with Gasteiger partial charge in [-0.25, -0.2) is 0 Å². The SMILES string of the molecule is CCOc1cc(CNCCN(C)C)c(Br)cc1OCc1ccc([N+](=O)[O-])cc1. The topological polar surface area (TPSA) is 76.9 Å². The molecule has 0 fully saturated rings. The number of nitrogens with zero attached hydrogens (tertiary/aromatic N) is 2. The molecule has 8 heteroatoms. The van der Waals surface area contributed by atoms with Gasteiger partial charge in [0.15, 0.2) is 11.5 Å².